The Hall–Kier alpha value is -1.67. The van der Waals surface area contributed by atoms with Crippen molar-refractivity contribution in [3.05, 3.63) is 30.1 Å². The van der Waals surface area contributed by atoms with Crippen LogP contribution in [-0.4, -0.2) is 57.1 Å². The van der Waals surface area contributed by atoms with Crippen LogP contribution in [0.1, 0.15) is 13.8 Å². The summed E-state index contributed by atoms with van der Waals surface area (Å²) >= 11 is 0. The first-order chi connectivity index (χ1) is 11.3. The molecule has 0 bridgehead atoms. The van der Waals surface area contributed by atoms with Crippen LogP contribution in [0.25, 0.3) is 0 Å². The lowest BCUT2D eigenvalue weighted by Gasteiger charge is -2.35. The zero-order valence-corrected chi connectivity index (χ0v) is 14.9. The topological polar surface area (TPSA) is 69.7 Å². The number of halogens is 1. The zero-order chi connectivity index (χ0) is 17.7. The van der Waals surface area contributed by atoms with Crippen molar-refractivity contribution in [2.24, 2.45) is 5.92 Å². The van der Waals surface area contributed by atoms with Gasteiger partial charge in [0.25, 0.3) is 0 Å². The lowest BCUT2D eigenvalue weighted by atomic mass is 10.2. The molecule has 0 aromatic heterocycles. The number of amides is 1. The van der Waals surface area contributed by atoms with Crippen molar-refractivity contribution < 1.29 is 17.6 Å². The summed E-state index contributed by atoms with van der Waals surface area (Å²) in [5, 5.41) is 2.63. The van der Waals surface area contributed by atoms with Gasteiger partial charge in [0, 0.05) is 44.3 Å². The molecule has 1 aliphatic heterocycles. The molecule has 1 fully saturated rings. The van der Waals surface area contributed by atoms with E-state index in [0.717, 1.165) is 5.69 Å². The van der Waals surface area contributed by atoms with E-state index >= 15 is 0 Å². The Labute approximate surface area is 142 Å². The Balaban J connectivity index is 1.84. The van der Waals surface area contributed by atoms with E-state index < -0.39 is 10.0 Å². The quantitative estimate of drug-likeness (QED) is 0.826. The molecule has 0 unspecified atom stereocenters. The van der Waals surface area contributed by atoms with Crippen molar-refractivity contribution in [3.63, 3.8) is 0 Å². The van der Waals surface area contributed by atoms with Gasteiger partial charge in [0.1, 0.15) is 5.82 Å². The van der Waals surface area contributed by atoms with Crippen molar-refractivity contribution in [2.45, 2.75) is 13.8 Å². The molecule has 24 heavy (non-hydrogen) atoms. The first kappa shape index (κ1) is 18.7. The molecule has 1 aliphatic rings. The Kier molecular flexibility index (Phi) is 6.17. The Bertz CT molecular complexity index is 654. The highest BCUT2D eigenvalue weighted by atomic mass is 32.2. The lowest BCUT2D eigenvalue weighted by molar-refractivity contribution is -0.123. The lowest BCUT2D eigenvalue weighted by Crippen LogP contribution is -2.50. The maximum atomic E-state index is 13.0. The molecule has 0 radical (unpaired) electrons. The number of hydrogen-bond acceptors (Lipinski definition) is 4. The standard InChI is InChI=1S/C16H24FN3O3S/c1-13(2)16(21)18-7-12-24(22,23)20-10-8-19(9-11-20)15-5-3-14(17)4-6-15/h3-6,13H,7-12H2,1-2H3,(H,18,21). The first-order valence-corrected chi connectivity index (χ1v) is 9.66. The van der Waals surface area contributed by atoms with Crippen LogP contribution in [-0.2, 0) is 14.8 Å². The molecule has 8 heteroatoms. The summed E-state index contributed by atoms with van der Waals surface area (Å²) < 4.78 is 39.1. The van der Waals surface area contributed by atoms with Crippen LogP contribution in [0, 0.1) is 11.7 Å². The van der Waals surface area contributed by atoms with E-state index in [2.05, 4.69) is 5.32 Å². The summed E-state index contributed by atoms with van der Waals surface area (Å²) in [7, 11) is -3.39. The molecule has 134 valence electrons. The van der Waals surface area contributed by atoms with E-state index in [9.17, 15) is 17.6 Å². The van der Waals surface area contributed by atoms with Crippen molar-refractivity contribution >= 4 is 21.6 Å². The van der Waals surface area contributed by atoms with E-state index in [1.54, 1.807) is 26.0 Å². The van der Waals surface area contributed by atoms with Crippen LogP contribution in [0.2, 0.25) is 0 Å². The van der Waals surface area contributed by atoms with Crippen molar-refractivity contribution in [1.82, 2.24) is 9.62 Å². The molecule has 0 atom stereocenters. The number of nitrogens with one attached hydrogen (secondary N) is 1. The maximum absolute atomic E-state index is 13.0. The minimum absolute atomic E-state index is 0.0952. The summed E-state index contributed by atoms with van der Waals surface area (Å²) in [5.74, 6) is -0.691. The monoisotopic (exact) mass is 357 g/mol. The SMILES string of the molecule is CC(C)C(=O)NCCS(=O)(=O)N1CCN(c2ccc(F)cc2)CC1. The maximum Gasteiger partial charge on any atom is 0.222 e. The van der Waals surface area contributed by atoms with E-state index in [4.69, 9.17) is 0 Å². The predicted octanol–water partition coefficient (Wildman–Crippen LogP) is 1.05. The zero-order valence-electron chi connectivity index (χ0n) is 14.0. The Morgan fingerprint density at radius 2 is 1.75 bits per heavy atom. The van der Waals surface area contributed by atoms with Crippen LogP contribution in [0.15, 0.2) is 24.3 Å². The molecule has 0 aliphatic carbocycles. The van der Waals surface area contributed by atoms with E-state index in [0.29, 0.717) is 26.2 Å². The van der Waals surface area contributed by atoms with Crippen LogP contribution in [0.3, 0.4) is 0 Å². The van der Waals surface area contributed by atoms with E-state index in [1.165, 1.54) is 16.4 Å². The third-order valence-corrected chi connectivity index (χ3v) is 5.88. The number of piperazine rings is 1. The second-order valence-electron chi connectivity index (χ2n) is 6.12. The molecule has 1 heterocycles. The number of sulfonamides is 1. The van der Waals surface area contributed by atoms with Gasteiger partial charge in [0.2, 0.25) is 15.9 Å². The van der Waals surface area contributed by atoms with Gasteiger partial charge >= 0.3 is 0 Å². The molecule has 1 N–H and O–H groups in total. The smallest absolute Gasteiger partial charge is 0.222 e. The Morgan fingerprint density at radius 1 is 1.17 bits per heavy atom. The number of carbonyl (C=O) groups excluding carboxylic acids is 1. The molecular formula is C16H24FN3O3S. The second kappa shape index (κ2) is 7.94. The molecule has 2 rings (SSSR count). The summed E-state index contributed by atoms with van der Waals surface area (Å²) in [4.78, 5) is 13.5. The van der Waals surface area contributed by atoms with Crippen molar-refractivity contribution in [1.29, 1.82) is 0 Å². The highest BCUT2D eigenvalue weighted by Crippen LogP contribution is 2.18. The number of hydrogen-bond donors (Lipinski definition) is 1. The predicted molar refractivity (Wildman–Crippen MR) is 91.8 cm³/mol. The third-order valence-electron chi connectivity index (χ3n) is 4.01. The van der Waals surface area contributed by atoms with Crippen molar-refractivity contribution in [3.8, 4) is 0 Å². The van der Waals surface area contributed by atoms with Gasteiger partial charge in [-0.2, -0.15) is 4.31 Å². The average Bonchev–Trinajstić information content (AvgIpc) is 2.55. The van der Waals surface area contributed by atoms with Crippen molar-refractivity contribution in [2.75, 3.05) is 43.4 Å². The molecule has 0 saturated carbocycles. The van der Waals surface area contributed by atoms with Gasteiger partial charge in [-0.15, -0.1) is 0 Å². The Morgan fingerprint density at radius 3 is 2.29 bits per heavy atom. The van der Waals surface area contributed by atoms with Crippen LogP contribution >= 0.6 is 0 Å². The number of benzene rings is 1. The van der Waals surface area contributed by atoms with Gasteiger partial charge in [-0.25, -0.2) is 12.8 Å². The molecule has 0 spiro atoms. The van der Waals surface area contributed by atoms with E-state index in [-0.39, 0.29) is 29.9 Å². The molecule has 1 aromatic carbocycles. The summed E-state index contributed by atoms with van der Waals surface area (Å²) in [6.07, 6.45) is 0. The van der Waals surface area contributed by atoms with Crippen LogP contribution < -0.4 is 10.2 Å². The molecule has 1 aromatic rings. The minimum Gasteiger partial charge on any atom is -0.369 e. The largest absolute Gasteiger partial charge is 0.369 e. The summed E-state index contributed by atoms with van der Waals surface area (Å²) in [5.41, 5.74) is 0.887. The van der Waals surface area contributed by atoms with E-state index in [1.807, 2.05) is 4.90 Å². The fraction of sp³-hybridized carbons (Fsp3) is 0.562. The molecule has 1 amide bonds. The molecular weight excluding hydrogens is 333 g/mol. The highest BCUT2D eigenvalue weighted by Gasteiger charge is 2.26. The first-order valence-electron chi connectivity index (χ1n) is 8.05. The van der Waals surface area contributed by atoms with Crippen LogP contribution in [0.4, 0.5) is 10.1 Å². The minimum atomic E-state index is -3.39. The van der Waals surface area contributed by atoms with Crippen LogP contribution in [0.5, 0.6) is 0 Å². The van der Waals surface area contributed by atoms with Gasteiger partial charge in [0.15, 0.2) is 0 Å². The summed E-state index contributed by atoms with van der Waals surface area (Å²) in [6, 6.07) is 6.19. The average molecular weight is 357 g/mol. The fourth-order valence-corrected chi connectivity index (χ4v) is 3.85. The third kappa shape index (κ3) is 4.91. The number of rotatable bonds is 6. The van der Waals surface area contributed by atoms with Gasteiger partial charge in [0.05, 0.1) is 5.75 Å². The second-order valence-corrected chi connectivity index (χ2v) is 8.21. The normalized spacial score (nSPS) is 16.4. The van der Waals surface area contributed by atoms with Gasteiger partial charge in [-0.05, 0) is 24.3 Å². The number of anilines is 1. The van der Waals surface area contributed by atoms with Gasteiger partial charge < -0.3 is 10.2 Å². The van der Waals surface area contributed by atoms with Gasteiger partial charge in [-0.1, -0.05) is 13.8 Å². The number of carbonyl (C=O) groups is 1. The highest BCUT2D eigenvalue weighted by molar-refractivity contribution is 7.89. The number of nitrogens with zero attached hydrogens (tertiary/aromatic N) is 2. The fourth-order valence-electron chi connectivity index (χ4n) is 2.51. The molecule has 1 saturated heterocycles. The summed E-state index contributed by atoms with van der Waals surface area (Å²) in [6.45, 7) is 5.54. The van der Waals surface area contributed by atoms with Gasteiger partial charge in [-0.3, -0.25) is 4.79 Å². The molecule has 6 nitrogen and oxygen atoms in total.